The first-order valence-electron chi connectivity index (χ1n) is 6.73. The number of anilines is 1. The molecule has 106 valence electrons. The molecule has 0 unspecified atom stereocenters. The molecule has 4 heteroatoms. The quantitative estimate of drug-likeness (QED) is 0.870. The van der Waals surface area contributed by atoms with Crippen LogP contribution in [-0.2, 0) is 6.42 Å². The van der Waals surface area contributed by atoms with Crippen molar-refractivity contribution in [2.24, 2.45) is 0 Å². The highest BCUT2D eigenvalue weighted by molar-refractivity contribution is 6.30. The number of aryl methyl sites for hydroxylation is 1. The molecule has 21 heavy (non-hydrogen) atoms. The highest BCUT2D eigenvalue weighted by Crippen LogP contribution is 2.28. The molecule has 0 heterocycles. The summed E-state index contributed by atoms with van der Waals surface area (Å²) in [5.74, 6) is -0.327. The van der Waals surface area contributed by atoms with Gasteiger partial charge in [-0.15, -0.1) is 0 Å². The summed E-state index contributed by atoms with van der Waals surface area (Å²) >= 11 is 5.81. The Morgan fingerprint density at radius 1 is 1.19 bits per heavy atom. The summed E-state index contributed by atoms with van der Waals surface area (Å²) in [5.41, 5.74) is 2.96. The zero-order valence-corrected chi connectivity index (χ0v) is 12.0. The molecule has 1 aliphatic rings. The molecule has 0 fully saturated rings. The number of phenolic OH excluding ortho intramolecular Hbond substituents is 1. The lowest BCUT2D eigenvalue weighted by atomic mass is 9.94. The van der Waals surface area contributed by atoms with E-state index in [4.69, 9.17) is 11.6 Å². The molecule has 0 saturated heterocycles. The van der Waals surface area contributed by atoms with Crippen LogP contribution in [0.5, 0.6) is 5.75 Å². The molecular formula is C17H14ClNO2. The number of phenols is 1. The van der Waals surface area contributed by atoms with Crippen LogP contribution in [0.4, 0.5) is 5.69 Å². The Kier molecular flexibility index (Phi) is 3.67. The predicted octanol–water partition coefficient (Wildman–Crippen LogP) is 4.26. The van der Waals surface area contributed by atoms with E-state index in [0.29, 0.717) is 10.7 Å². The molecule has 0 bridgehead atoms. The molecule has 0 spiro atoms. The number of amides is 1. The number of hydrogen-bond acceptors (Lipinski definition) is 2. The molecule has 0 saturated carbocycles. The summed E-state index contributed by atoms with van der Waals surface area (Å²) in [7, 11) is 0. The Bertz CT molecular complexity index is 720. The maximum atomic E-state index is 12.3. The van der Waals surface area contributed by atoms with Crippen molar-refractivity contribution in [2.45, 2.75) is 12.8 Å². The van der Waals surface area contributed by atoms with Gasteiger partial charge in [-0.25, -0.2) is 0 Å². The summed E-state index contributed by atoms with van der Waals surface area (Å²) in [6, 6.07) is 10.2. The smallest absolute Gasteiger partial charge is 0.259 e. The SMILES string of the molecule is O=C(Nc1ccc(Cl)cc1)c1cc2c(cc1O)CCC=C2. The lowest BCUT2D eigenvalue weighted by Gasteiger charge is -2.14. The van der Waals surface area contributed by atoms with Crippen molar-refractivity contribution in [2.75, 3.05) is 5.32 Å². The number of halogens is 1. The third-order valence-corrected chi connectivity index (χ3v) is 3.73. The van der Waals surface area contributed by atoms with Crippen molar-refractivity contribution in [3.05, 3.63) is 64.2 Å². The average molecular weight is 300 g/mol. The summed E-state index contributed by atoms with van der Waals surface area (Å²) in [5, 5.41) is 13.4. The topological polar surface area (TPSA) is 49.3 Å². The van der Waals surface area contributed by atoms with Crippen molar-refractivity contribution in [1.82, 2.24) is 0 Å². The van der Waals surface area contributed by atoms with E-state index in [2.05, 4.69) is 11.4 Å². The number of aromatic hydroxyl groups is 1. The van der Waals surface area contributed by atoms with E-state index in [1.807, 2.05) is 6.08 Å². The second kappa shape index (κ2) is 5.62. The van der Waals surface area contributed by atoms with Crippen LogP contribution in [0, 0.1) is 0 Å². The maximum Gasteiger partial charge on any atom is 0.259 e. The second-order valence-electron chi connectivity index (χ2n) is 4.97. The fraction of sp³-hybridized carbons (Fsp3) is 0.118. The minimum atomic E-state index is -0.336. The summed E-state index contributed by atoms with van der Waals surface area (Å²) in [6.45, 7) is 0. The Hall–Kier alpha value is -2.26. The number of nitrogens with one attached hydrogen (secondary N) is 1. The van der Waals surface area contributed by atoms with Crippen LogP contribution in [0.3, 0.4) is 0 Å². The van der Waals surface area contributed by atoms with E-state index in [-0.39, 0.29) is 17.2 Å². The monoisotopic (exact) mass is 299 g/mol. The highest BCUT2D eigenvalue weighted by Gasteiger charge is 2.15. The number of allylic oxidation sites excluding steroid dienone is 1. The molecule has 3 nitrogen and oxygen atoms in total. The largest absolute Gasteiger partial charge is 0.507 e. The third kappa shape index (κ3) is 2.93. The van der Waals surface area contributed by atoms with Crippen LogP contribution in [0.25, 0.3) is 6.08 Å². The van der Waals surface area contributed by atoms with E-state index in [1.54, 1.807) is 36.4 Å². The lowest BCUT2D eigenvalue weighted by molar-refractivity contribution is 0.102. The van der Waals surface area contributed by atoms with E-state index in [1.165, 1.54) is 0 Å². The normalized spacial score (nSPS) is 12.8. The van der Waals surface area contributed by atoms with Crippen LogP contribution in [0.1, 0.15) is 27.9 Å². The van der Waals surface area contributed by atoms with Gasteiger partial charge in [-0.3, -0.25) is 4.79 Å². The molecule has 2 aromatic carbocycles. The molecule has 0 radical (unpaired) electrons. The van der Waals surface area contributed by atoms with Crippen molar-refractivity contribution in [3.63, 3.8) is 0 Å². The lowest BCUT2D eigenvalue weighted by Crippen LogP contribution is -2.13. The number of carbonyl (C=O) groups excluding carboxylic acids is 1. The minimum absolute atomic E-state index is 0.00973. The van der Waals surface area contributed by atoms with Gasteiger partial charge in [0.25, 0.3) is 5.91 Å². The van der Waals surface area contributed by atoms with Crippen molar-refractivity contribution in [3.8, 4) is 5.75 Å². The van der Waals surface area contributed by atoms with Crippen molar-refractivity contribution in [1.29, 1.82) is 0 Å². The first-order chi connectivity index (χ1) is 10.1. The Balaban J connectivity index is 1.88. The van der Waals surface area contributed by atoms with Crippen molar-refractivity contribution < 1.29 is 9.90 Å². The van der Waals surface area contributed by atoms with Crippen LogP contribution >= 0.6 is 11.6 Å². The van der Waals surface area contributed by atoms with E-state index in [0.717, 1.165) is 24.0 Å². The molecular weight excluding hydrogens is 286 g/mol. The number of fused-ring (bicyclic) bond motifs is 1. The number of carbonyl (C=O) groups is 1. The van der Waals surface area contributed by atoms with E-state index < -0.39 is 0 Å². The van der Waals surface area contributed by atoms with Gasteiger partial charge >= 0.3 is 0 Å². The van der Waals surface area contributed by atoms with Gasteiger partial charge in [0.15, 0.2) is 0 Å². The fourth-order valence-corrected chi connectivity index (χ4v) is 2.51. The summed E-state index contributed by atoms with van der Waals surface area (Å²) in [4.78, 5) is 12.3. The summed E-state index contributed by atoms with van der Waals surface area (Å²) < 4.78 is 0. The maximum absolute atomic E-state index is 12.3. The van der Waals surface area contributed by atoms with E-state index in [9.17, 15) is 9.90 Å². The molecule has 0 atom stereocenters. The molecule has 3 rings (SSSR count). The van der Waals surface area contributed by atoms with Crippen molar-refractivity contribution >= 4 is 29.3 Å². The van der Waals surface area contributed by atoms with E-state index >= 15 is 0 Å². The molecule has 2 N–H and O–H groups in total. The number of benzene rings is 2. The second-order valence-corrected chi connectivity index (χ2v) is 5.41. The standard InChI is InChI=1S/C17H14ClNO2/c18-13-5-7-14(8-6-13)19-17(21)15-9-11-3-1-2-4-12(11)10-16(15)20/h1,3,5-10,20H,2,4H2,(H,19,21). The Morgan fingerprint density at radius 3 is 2.71 bits per heavy atom. The zero-order chi connectivity index (χ0) is 14.8. The van der Waals surface area contributed by atoms with Gasteiger partial charge in [0.2, 0.25) is 0 Å². The van der Waals surface area contributed by atoms with Gasteiger partial charge in [0.1, 0.15) is 5.75 Å². The third-order valence-electron chi connectivity index (χ3n) is 3.48. The van der Waals surface area contributed by atoms with Gasteiger partial charge in [0.05, 0.1) is 5.56 Å². The molecule has 1 amide bonds. The first kappa shape index (κ1) is 13.7. The fourth-order valence-electron chi connectivity index (χ4n) is 2.38. The predicted molar refractivity (Wildman–Crippen MR) is 84.9 cm³/mol. The van der Waals surface area contributed by atoms with Gasteiger partial charge in [-0.1, -0.05) is 23.8 Å². The highest BCUT2D eigenvalue weighted by atomic mass is 35.5. The molecule has 2 aromatic rings. The van der Waals surface area contributed by atoms with Crippen LogP contribution < -0.4 is 5.32 Å². The molecule has 0 aliphatic heterocycles. The number of rotatable bonds is 2. The van der Waals surface area contributed by atoms with Gasteiger partial charge < -0.3 is 10.4 Å². The minimum Gasteiger partial charge on any atom is -0.507 e. The number of hydrogen-bond donors (Lipinski definition) is 2. The molecule has 0 aromatic heterocycles. The summed E-state index contributed by atoms with van der Waals surface area (Å²) in [6.07, 6.45) is 5.90. The van der Waals surface area contributed by atoms with Crippen LogP contribution in [0.2, 0.25) is 5.02 Å². The van der Waals surface area contributed by atoms with Crippen LogP contribution in [0.15, 0.2) is 42.5 Å². The van der Waals surface area contributed by atoms with Gasteiger partial charge in [-0.2, -0.15) is 0 Å². The first-order valence-corrected chi connectivity index (χ1v) is 7.10. The average Bonchev–Trinajstić information content (AvgIpc) is 2.49. The van der Waals surface area contributed by atoms with Gasteiger partial charge in [0, 0.05) is 10.7 Å². The Morgan fingerprint density at radius 2 is 1.95 bits per heavy atom. The zero-order valence-electron chi connectivity index (χ0n) is 11.3. The Labute approximate surface area is 127 Å². The van der Waals surface area contributed by atoms with Crippen LogP contribution in [-0.4, -0.2) is 11.0 Å². The van der Waals surface area contributed by atoms with Gasteiger partial charge in [-0.05, 0) is 60.4 Å². The molecule has 1 aliphatic carbocycles.